The molecule has 0 spiro atoms. The highest BCUT2D eigenvalue weighted by Crippen LogP contribution is 2.34. The lowest BCUT2D eigenvalue weighted by Crippen LogP contribution is -2.35. The standard InChI is InChI=1S/C25H29N5O2.C25H29N5O.C24H27N5O.C23H25N5O/c1-3-18-12-21(15-29-14-17(2)26-25(18)29)22-13-24(32)30-16-20(4-5-23(30)27-22)19-6-8-28(9-7-19)10-11-31;1-4-18-12-21(15-29-14-17(3)26-25(18)29)22-13-24(31)30-16-20(6-7-23(30)27-22)19-8-10-28(5-2)11-9-19;1-4-17-11-20(14-28-13-16(2)25-24(17)28)21-12-23(30)29-15-19(5-6-22(29)26-21)18-7-9-27(3)10-8-18;1-3-16-10-19(13-27-12-15(2)25-23(16)27)20-11-22(29)28-14-18(4-5-21(28)26-20)17-6-8-24-9-7-17/h4-5,12-16,19,31H,3,6-11H2,1-2H3;6-7,12-16,19H,4-5,8-11H2,1-3H3;5-6,11-15,18H,4,7-10H2,1-3H3;4-5,10-14,17,24H,3,6-9H2,1-2H3. The van der Waals surface area contributed by atoms with E-state index >= 15 is 0 Å². The van der Waals surface area contributed by atoms with Crippen molar-refractivity contribution in [2.24, 2.45) is 0 Å². The molecule has 4 saturated heterocycles. The second-order valence-electron chi connectivity index (χ2n) is 33.7. The van der Waals surface area contributed by atoms with Crippen molar-refractivity contribution in [2.75, 3.05) is 79.1 Å². The molecule has 0 atom stereocenters. The summed E-state index contributed by atoms with van der Waals surface area (Å²) in [4.78, 5) is 96.8. The van der Waals surface area contributed by atoms with Crippen LogP contribution in [0.1, 0.15) is 177 Å². The van der Waals surface area contributed by atoms with Gasteiger partial charge in [-0.2, -0.15) is 0 Å². The van der Waals surface area contributed by atoms with Crippen LogP contribution in [0.4, 0.5) is 0 Å². The van der Waals surface area contributed by atoms with Crippen molar-refractivity contribution in [3.8, 4) is 45.0 Å². The van der Waals surface area contributed by atoms with Crippen LogP contribution < -0.4 is 27.6 Å². The first-order valence-electron chi connectivity index (χ1n) is 43.8. The smallest absolute Gasteiger partial charge is 0.258 e. The maximum atomic E-state index is 13.0. The lowest BCUT2D eigenvalue weighted by Gasteiger charge is -2.31. The number of piperidine rings is 4. The summed E-state index contributed by atoms with van der Waals surface area (Å²) in [5.41, 5.74) is 26.3. The number of pyridine rings is 8. The lowest BCUT2D eigenvalue weighted by atomic mass is 9.90. The molecule has 4 fully saturated rings. The Morgan fingerprint density at radius 2 is 0.607 bits per heavy atom. The molecule has 628 valence electrons. The van der Waals surface area contributed by atoms with Crippen LogP contribution >= 0.6 is 0 Å². The number of hydrogen-bond donors (Lipinski definition) is 2. The van der Waals surface area contributed by atoms with Gasteiger partial charge in [0.1, 0.15) is 45.2 Å². The maximum absolute atomic E-state index is 13.0. The number of nitrogens with zero attached hydrogens (tertiary/aromatic N) is 19. The predicted octanol–water partition coefficient (Wildman–Crippen LogP) is 14.2. The third-order valence-corrected chi connectivity index (χ3v) is 25.4. The van der Waals surface area contributed by atoms with E-state index in [1.54, 1.807) is 41.9 Å². The van der Waals surface area contributed by atoms with Crippen molar-refractivity contribution in [3.05, 3.63) is 280 Å². The molecule has 25 heteroatoms. The van der Waals surface area contributed by atoms with Gasteiger partial charge in [-0.15, -0.1) is 0 Å². The molecule has 122 heavy (non-hydrogen) atoms. The van der Waals surface area contributed by atoms with Crippen LogP contribution in [0, 0.1) is 27.7 Å². The van der Waals surface area contributed by atoms with Crippen LogP contribution in [0.15, 0.2) is 191 Å². The van der Waals surface area contributed by atoms with E-state index in [1.807, 2.05) is 144 Å². The summed E-state index contributed by atoms with van der Waals surface area (Å²) >= 11 is 0. The summed E-state index contributed by atoms with van der Waals surface area (Å²) in [6, 6.07) is 31.4. The molecule has 0 saturated carbocycles. The summed E-state index contributed by atoms with van der Waals surface area (Å²) in [7, 11) is 2.17. The molecule has 0 radical (unpaired) electrons. The highest BCUT2D eigenvalue weighted by Gasteiger charge is 2.26. The normalized spacial score (nSPS) is 15.7. The van der Waals surface area contributed by atoms with E-state index < -0.39 is 0 Å². The molecule has 4 aliphatic rings. The first-order chi connectivity index (χ1) is 59.2. The van der Waals surface area contributed by atoms with Crippen LogP contribution in [0.2, 0.25) is 0 Å². The molecule has 20 rings (SSSR count). The molecule has 2 N–H and O–H groups in total. The van der Waals surface area contributed by atoms with Gasteiger partial charge in [-0.25, -0.2) is 39.9 Å². The number of aliphatic hydroxyl groups excluding tert-OH is 1. The topological polar surface area (TPSA) is 249 Å². The van der Waals surface area contributed by atoms with Crippen molar-refractivity contribution in [1.82, 2.24) is 95.1 Å². The van der Waals surface area contributed by atoms with E-state index in [0.29, 0.717) is 69.0 Å². The monoisotopic (exact) mass is 1630 g/mol. The third kappa shape index (κ3) is 17.3. The minimum atomic E-state index is -0.0653. The number of rotatable bonds is 15. The Kier molecular flexibility index (Phi) is 24.0. The average molecular weight is 1640 g/mol. The number of aliphatic hydroxyl groups is 1. The number of hydrogen-bond acceptors (Lipinski definition) is 17. The molecule has 16 aromatic rings. The van der Waals surface area contributed by atoms with E-state index in [2.05, 4.69) is 130 Å². The zero-order chi connectivity index (χ0) is 84.6. The summed E-state index contributed by atoms with van der Waals surface area (Å²) in [5.74, 6) is 1.96. The second-order valence-corrected chi connectivity index (χ2v) is 33.7. The fourth-order valence-electron chi connectivity index (χ4n) is 18.5. The van der Waals surface area contributed by atoms with Gasteiger partial charge in [0.05, 0.1) is 52.2 Å². The van der Waals surface area contributed by atoms with Gasteiger partial charge in [0.25, 0.3) is 22.2 Å². The summed E-state index contributed by atoms with van der Waals surface area (Å²) in [5, 5.41) is 12.5. The summed E-state index contributed by atoms with van der Waals surface area (Å²) in [6.45, 7) is 29.2. The van der Waals surface area contributed by atoms with Crippen LogP contribution in [0.25, 0.3) is 90.2 Å². The minimum absolute atomic E-state index is 0.0344. The quantitative estimate of drug-likeness (QED) is 0.0968. The second kappa shape index (κ2) is 35.6. The molecule has 0 unspecified atom stereocenters. The molecule has 25 nitrogen and oxygen atoms in total. The highest BCUT2D eigenvalue weighted by molar-refractivity contribution is 5.70. The number of aryl methyl sites for hydroxylation is 8. The third-order valence-electron chi connectivity index (χ3n) is 25.4. The van der Waals surface area contributed by atoms with E-state index in [1.165, 1.54) is 22.3 Å². The molecular weight excluding hydrogens is 1530 g/mol. The number of fused-ring (bicyclic) bond motifs is 8. The number of β-amino-alcohol motifs (C(OH)–C–C–N with tert-alkyl or cyclic N) is 1. The van der Waals surface area contributed by atoms with Gasteiger partial charge in [0.2, 0.25) is 0 Å². The molecule has 0 bridgehead atoms. The number of nitrogens with one attached hydrogen (secondary N) is 1. The fraction of sp³-hybridized carbons (Fsp3) is 0.381. The number of aromatic nitrogens is 16. The highest BCUT2D eigenvalue weighted by atomic mass is 16.3. The Balaban J connectivity index is 0.000000116. The van der Waals surface area contributed by atoms with Gasteiger partial charge >= 0.3 is 0 Å². The van der Waals surface area contributed by atoms with Gasteiger partial charge in [-0.3, -0.25) is 36.8 Å². The SMILES string of the molecule is CCc1cc(-c2cc(=O)n3cc(C4CCN(C)CC4)ccc3n2)cn2cc(C)nc12.CCc1cc(-c2cc(=O)n3cc(C4CCN(CC)CC4)ccc3n2)cn2cc(C)nc12.CCc1cc(-c2cc(=O)n3cc(C4CCN(CCO)CC4)ccc3n2)cn2cc(C)nc12.CCc1cc(-c2cc(=O)n3cc(C4CCNCC4)ccc3n2)cn2cc(C)nc12. The summed E-state index contributed by atoms with van der Waals surface area (Å²) < 4.78 is 14.9. The van der Waals surface area contributed by atoms with Crippen LogP contribution in [-0.4, -0.2) is 174 Å². The Bertz CT molecular complexity index is 6830. The van der Waals surface area contributed by atoms with Gasteiger partial charge in [0.15, 0.2) is 0 Å². The number of imidazole rings is 4. The first kappa shape index (κ1) is 82.3. The largest absolute Gasteiger partial charge is 0.395 e. The Hall–Kier alpha value is -12.0. The molecule has 20 heterocycles. The van der Waals surface area contributed by atoms with E-state index in [-0.39, 0.29) is 28.8 Å². The number of likely N-dealkylation sites (tertiary alicyclic amines) is 3. The van der Waals surface area contributed by atoms with Gasteiger partial charge in [-0.05, 0) is 287 Å². The van der Waals surface area contributed by atoms with Crippen LogP contribution in [-0.2, 0) is 25.7 Å². The van der Waals surface area contributed by atoms with Crippen molar-refractivity contribution in [1.29, 1.82) is 0 Å². The van der Waals surface area contributed by atoms with Crippen molar-refractivity contribution < 1.29 is 5.11 Å². The van der Waals surface area contributed by atoms with E-state index in [0.717, 1.165) is 232 Å². The van der Waals surface area contributed by atoms with Crippen LogP contribution in [0.5, 0.6) is 0 Å². The van der Waals surface area contributed by atoms with E-state index in [9.17, 15) is 19.2 Å². The van der Waals surface area contributed by atoms with Gasteiger partial charge in [-0.1, -0.05) is 58.9 Å². The van der Waals surface area contributed by atoms with Gasteiger partial charge in [0, 0.05) is 127 Å². The molecule has 4 aliphatic heterocycles. The maximum Gasteiger partial charge on any atom is 0.258 e. The molecule has 0 amide bonds. The fourth-order valence-corrected chi connectivity index (χ4v) is 18.5. The van der Waals surface area contributed by atoms with Gasteiger partial charge < -0.3 is 42.7 Å². The van der Waals surface area contributed by atoms with Crippen LogP contribution in [0.3, 0.4) is 0 Å². The zero-order valence-electron chi connectivity index (χ0n) is 71.8. The Labute approximate surface area is 708 Å². The van der Waals surface area contributed by atoms with Crippen molar-refractivity contribution in [3.63, 3.8) is 0 Å². The zero-order valence-corrected chi connectivity index (χ0v) is 71.8. The molecule has 0 aromatic carbocycles. The minimum Gasteiger partial charge on any atom is -0.395 e. The molecule has 16 aromatic heterocycles. The summed E-state index contributed by atoms with van der Waals surface area (Å²) in [6.07, 6.45) is 36.3. The van der Waals surface area contributed by atoms with Crippen molar-refractivity contribution >= 4 is 45.2 Å². The average Bonchev–Trinajstić information content (AvgIpc) is 1.66. The predicted molar refractivity (Wildman–Crippen MR) is 483 cm³/mol. The molecule has 0 aliphatic carbocycles. The Morgan fingerprint density at radius 3 is 0.877 bits per heavy atom. The van der Waals surface area contributed by atoms with E-state index in [4.69, 9.17) is 25.0 Å². The Morgan fingerprint density at radius 1 is 0.336 bits per heavy atom. The molecular formula is C97H110N20O5. The van der Waals surface area contributed by atoms with Crippen molar-refractivity contribution in [2.45, 2.75) is 163 Å². The lowest BCUT2D eigenvalue weighted by molar-refractivity contribution is 0.164. The first-order valence-corrected chi connectivity index (χ1v) is 43.8.